The molecule has 2 nitrogen and oxygen atoms in total. The molecule has 0 saturated heterocycles. The molecule has 0 heterocycles. The summed E-state index contributed by atoms with van der Waals surface area (Å²) in [5, 5.41) is 9.21. The van der Waals surface area contributed by atoms with Gasteiger partial charge in [0.25, 0.3) is 0 Å². The molecule has 5 rings (SSSR count). The number of carbonyl (C=O) groups is 1. The SMILES string of the molecule is O=C(O)C[C@@H]1[C@H]2C=C[C@@H]3[C@@H]4[C@H]2[C@H]1C[C@H]4C=C[C@H]3c1ccccc1. The fourth-order valence-corrected chi connectivity index (χ4v) is 6.28. The second kappa shape index (κ2) is 4.83. The van der Waals surface area contributed by atoms with E-state index in [4.69, 9.17) is 0 Å². The molecule has 2 saturated carbocycles. The number of hydrogen-bond acceptors (Lipinski definition) is 1. The predicted octanol–water partition coefficient (Wildman–Crippen LogP) is 4.12. The maximum absolute atomic E-state index is 11.2. The van der Waals surface area contributed by atoms with Gasteiger partial charge in [-0.2, -0.15) is 0 Å². The summed E-state index contributed by atoms with van der Waals surface area (Å²) in [6, 6.07) is 10.8. The molecule has 1 aromatic rings. The van der Waals surface area contributed by atoms with E-state index in [2.05, 4.69) is 54.6 Å². The second-order valence-electron chi connectivity index (χ2n) is 7.84. The molecule has 0 amide bonds. The zero-order chi connectivity index (χ0) is 15.6. The third kappa shape index (κ3) is 1.84. The third-order valence-corrected chi connectivity index (χ3v) is 7.04. The summed E-state index contributed by atoms with van der Waals surface area (Å²) >= 11 is 0. The Hall–Kier alpha value is -1.83. The van der Waals surface area contributed by atoms with Gasteiger partial charge >= 0.3 is 5.97 Å². The number of rotatable bonds is 3. The summed E-state index contributed by atoms with van der Waals surface area (Å²) in [5.74, 6) is 4.13. The lowest BCUT2D eigenvalue weighted by Gasteiger charge is -2.54. The molecule has 8 atom stereocenters. The van der Waals surface area contributed by atoms with Crippen molar-refractivity contribution in [2.75, 3.05) is 0 Å². The molecule has 1 N–H and O–H groups in total. The van der Waals surface area contributed by atoms with E-state index in [9.17, 15) is 9.90 Å². The number of hydrogen-bond donors (Lipinski definition) is 1. The minimum absolute atomic E-state index is 0.353. The fourth-order valence-electron chi connectivity index (χ4n) is 6.28. The number of allylic oxidation sites excluding steroid dienone is 4. The summed E-state index contributed by atoms with van der Waals surface area (Å²) in [4.78, 5) is 11.2. The van der Waals surface area contributed by atoms with Crippen molar-refractivity contribution in [2.45, 2.75) is 18.8 Å². The highest BCUT2D eigenvalue weighted by Gasteiger charge is 2.62. The van der Waals surface area contributed by atoms with Crippen LogP contribution in [0.4, 0.5) is 0 Å². The van der Waals surface area contributed by atoms with Crippen molar-refractivity contribution in [2.24, 2.45) is 41.4 Å². The van der Waals surface area contributed by atoms with E-state index in [-0.39, 0.29) is 0 Å². The van der Waals surface area contributed by atoms with Crippen LogP contribution in [-0.4, -0.2) is 11.1 Å². The molecule has 0 bridgehead atoms. The van der Waals surface area contributed by atoms with E-state index >= 15 is 0 Å². The summed E-state index contributed by atoms with van der Waals surface area (Å²) in [6.45, 7) is 0. The highest BCUT2D eigenvalue weighted by molar-refractivity contribution is 5.67. The average Bonchev–Trinajstić information content (AvgIpc) is 2.92. The first kappa shape index (κ1) is 13.6. The molecular weight excluding hydrogens is 284 g/mol. The van der Waals surface area contributed by atoms with Gasteiger partial charge in [0.2, 0.25) is 0 Å². The lowest BCUT2D eigenvalue weighted by molar-refractivity contribution is -0.142. The van der Waals surface area contributed by atoms with E-state index in [1.54, 1.807) is 0 Å². The third-order valence-electron chi connectivity index (χ3n) is 7.04. The molecule has 0 aromatic heterocycles. The van der Waals surface area contributed by atoms with Crippen LogP contribution < -0.4 is 0 Å². The van der Waals surface area contributed by atoms with E-state index in [1.165, 1.54) is 12.0 Å². The van der Waals surface area contributed by atoms with Crippen LogP contribution in [0.25, 0.3) is 0 Å². The van der Waals surface area contributed by atoms with Crippen LogP contribution in [0.15, 0.2) is 54.6 Å². The van der Waals surface area contributed by atoms with Gasteiger partial charge in [0.15, 0.2) is 0 Å². The first-order chi connectivity index (χ1) is 11.2. The van der Waals surface area contributed by atoms with Gasteiger partial charge in [-0.05, 0) is 53.4 Å². The highest BCUT2D eigenvalue weighted by Crippen LogP contribution is 2.67. The zero-order valence-corrected chi connectivity index (χ0v) is 13.1. The number of aliphatic carboxylic acids is 1. The summed E-state index contributed by atoms with van der Waals surface area (Å²) in [7, 11) is 0. The first-order valence-electron chi connectivity index (χ1n) is 8.87. The molecule has 4 aliphatic rings. The Bertz CT molecular complexity index is 689. The first-order valence-corrected chi connectivity index (χ1v) is 8.87. The van der Waals surface area contributed by atoms with Gasteiger partial charge in [-0.3, -0.25) is 4.79 Å². The van der Waals surface area contributed by atoms with Crippen molar-refractivity contribution in [3.05, 3.63) is 60.2 Å². The highest BCUT2D eigenvalue weighted by atomic mass is 16.4. The van der Waals surface area contributed by atoms with Crippen LogP contribution in [0.2, 0.25) is 0 Å². The fraction of sp³-hybridized carbons (Fsp3) is 0.476. The average molecular weight is 306 g/mol. The number of carboxylic acid groups (broad SMARTS) is 1. The van der Waals surface area contributed by atoms with Crippen LogP contribution in [0, 0.1) is 41.4 Å². The Balaban J connectivity index is 1.50. The molecule has 23 heavy (non-hydrogen) atoms. The molecular formula is C21H22O2. The lowest BCUT2D eigenvalue weighted by Crippen LogP contribution is -2.50. The summed E-state index contributed by atoms with van der Waals surface area (Å²) < 4.78 is 0. The van der Waals surface area contributed by atoms with Crippen LogP contribution >= 0.6 is 0 Å². The summed E-state index contributed by atoms with van der Waals surface area (Å²) in [6.07, 6.45) is 11.2. The molecule has 2 fully saturated rings. The quantitative estimate of drug-likeness (QED) is 0.853. The van der Waals surface area contributed by atoms with Crippen molar-refractivity contribution in [1.29, 1.82) is 0 Å². The Kier molecular flexibility index (Phi) is 2.86. The van der Waals surface area contributed by atoms with E-state index in [1.807, 2.05) is 0 Å². The van der Waals surface area contributed by atoms with Gasteiger partial charge in [0.05, 0.1) is 0 Å². The number of carboxylic acids is 1. The minimum Gasteiger partial charge on any atom is -0.481 e. The van der Waals surface area contributed by atoms with Gasteiger partial charge in [0.1, 0.15) is 0 Å². The van der Waals surface area contributed by atoms with E-state index in [0.717, 1.165) is 11.8 Å². The lowest BCUT2D eigenvalue weighted by atomic mass is 9.50. The van der Waals surface area contributed by atoms with Gasteiger partial charge < -0.3 is 5.11 Å². The molecule has 4 aliphatic carbocycles. The largest absolute Gasteiger partial charge is 0.481 e. The normalized spacial score (nSPS) is 45.4. The van der Waals surface area contributed by atoms with Crippen LogP contribution in [0.3, 0.4) is 0 Å². The van der Waals surface area contributed by atoms with Gasteiger partial charge in [0, 0.05) is 12.3 Å². The maximum atomic E-state index is 11.2. The standard InChI is InChI=1S/C21H22O2/c22-19(23)11-17-16-9-8-15-14(12-4-2-1-3-5-12)7-6-13-10-18(17)21(16)20(13)15/h1-9,13-18,20-21H,10-11H2,(H,22,23)/t13-,14+,15+,16-,17-,18+,20-,21-/m1/s1. The van der Waals surface area contributed by atoms with Crippen molar-refractivity contribution < 1.29 is 9.90 Å². The second-order valence-corrected chi connectivity index (χ2v) is 7.84. The Labute approximate surface area is 136 Å². The van der Waals surface area contributed by atoms with Crippen LogP contribution in [-0.2, 0) is 4.79 Å². The van der Waals surface area contributed by atoms with E-state index < -0.39 is 5.97 Å². The minimum atomic E-state index is -0.628. The van der Waals surface area contributed by atoms with Crippen molar-refractivity contribution >= 4 is 5.97 Å². The molecule has 2 heteroatoms. The molecule has 0 unspecified atom stereocenters. The van der Waals surface area contributed by atoms with Crippen molar-refractivity contribution in [1.82, 2.24) is 0 Å². The zero-order valence-electron chi connectivity index (χ0n) is 13.1. The monoisotopic (exact) mass is 306 g/mol. The smallest absolute Gasteiger partial charge is 0.303 e. The predicted molar refractivity (Wildman–Crippen MR) is 88.8 cm³/mol. The Morgan fingerprint density at radius 3 is 2.57 bits per heavy atom. The Morgan fingerprint density at radius 2 is 1.78 bits per heavy atom. The van der Waals surface area contributed by atoms with Gasteiger partial charge in [-0.25, -0.2) is 0 Å². The topological polar surface area (TPSA) is 37.3 Å². The molecule has 1 aromatic carbocycles. The van der Waals surface area contributed by atoms with Crippen LogP contribution in [0.5, 0.6) is 0 Å². The van der Waals surface area contributed by atoms with Crippen molar-refractivity contribution in [3.63, 3.8) is 0 Å². The van der Waals surface area contributed by atoms with E-state index in [0.29, 0.717) is 41.9 Å². The molecule has 0 spiro atoms. The molecule has 0 aliphatic heterocycles. The van der Waals surface area contributed by atoms with Crippen molar-refractivity contribution in [3.8, 4) is 0 Å². The van der Waals surface area contributed by atoms with Crippen LogP contribution in [0.1, 0.15) is 24.3 Å². The number of benzene rings is 1. The van der Waals surface area contributed by atoms with Gasteiger partial charge in [-0.15, -0.1) is 0 Å². The van der Waals surface area contributed by atoms with Gasteiger partial charge in [-0.1, -0.05) is 54.6 Å². The molecule has 118 valence electrons. The molecule has 0 radical (unpaired) electrons. The summed E-state index contributed by atoms with van der Waals surface area (Å²) in [5.41, 5.74) is 1.42. The Morgan fingerprint density at radius 1 is 1.00 bits per heavy atom. The maximum Gasteiger partial charge on any atom is 0.303 e.